The number of amides is 4. The summed E-state index contributed by atoms with van der Waals surface area (Å²) in [6.07, 6.45) is 2.04. The SMILES string of the molecule is COC(=O)C(Cc1ccc2c(c1)CCCN2C(=O)Cc1ccc(NC(=O)Nc2ccccc2C)c(OC)c1)NC(C)=O. The highest BCUT2D eigenvalue weighted by Crippen LogP contribution is 2.31. The van der Waals surface area contributed by atoms with Crippen molar-refractivity contribution in [3.8, 4) is 5.75 Å². The predicted molar refractivity (Wildman–Crippen MR) is 161 cm³/mol. The Hall–Kier alpha value is -4.86. The average molecular weight is 573 g/mol. The van der Waals surface area contributed by atoms with E-state index in [0.717, 1.165) is 40.8 Å². The van der Waals surface area contributed by atoms with Crippen LogP contribution in [0.4, 0.5) is 21.9 Å². The van der Waals surface area contributed by atoms with Crippen molar-refractivity contribution in [1.82, 2.24) is 5.32 Å². The van der Waals surface area contributed by atoms with E-state index in [1.165, 1.54) is 21.1 Å². The summed E-state index contributed by atoms with van der Waals surface area (Å²) in [6, 6.07) is 17.3. The van der Waals surface area contributed by atoms with Gasteiger partial charge in [0.1, 0.15) is 11.8 Å². The lowest BCUT2D eigenvalue weighted by atomic mass is 9.96. The molecular formula is C32H36N4O6. The number of urea groups is 1. The zero-order chi connectivity index (χ0) is 30.2. The number of methoxy groups -OCH3 is 2. The fraction of sp³-hybridized carbons (Fsp3) is 0.312. The zero-order valence-electron chi connectivity index (χ0n) is 24.3. The molecule has 10 heteroatoms. The van der Waals surface area contributed by atoms with E-state index in [9.17, 15) is 19.2 Å². The van der Waals surface area contributed by atoms with E-state index in [-0.39, 0.29) is 24.7 Å². The van der Waals surface area contributed by atoms with Gasteiger partial charge in [-0.1, -0.05) is 36.4 Å². The number of fused-ring (bicyclic) bond motifs is 1. The Morgan fingerprint density at radius 2 is 1.67 bits per heavy atom. The van der Waals surface area contributed by atoms with E-state index in [2.05, 4.69) is 16.0 Å². The number of rotatable bonds is 9. The molecule has 4 rings (SSSR count). The molecule has 1 unspecified atom stereocenters. The van der Waals surface area contributed by atoms with Crippen molar-refractivity contribution in [2.24, 2.45) is 0 Å². The number of ether oxygens (including phenoxy) is 2. The summed E-state index contributed by atoms with van der Waals surface area (Å²) < 4.78 is 10.3. The smallest absolute Gasteiger partial charge is 0.328 e. The van der Waals surface area contributed by atoms with Gasteiger partial charge in [-0.3, -0.25) is 9.59 Å². The highest BCUT2D eigenvalue weighted by Gasteiger charge is 2.25. The minimum atomic E-state index is -0.784. The number of carbonyl (C=O) groups is 4. The summed E-state index contributed by atoms with van der Waals surface area (Å²) in [5.41, 5.74) is 5.60. The molecule has 3 N–H and O–H groups in total. The number of carbonyl (C=O) groups excluding carboxylic acids is 4. The second-order valence-corrected chi connectivity index (χ2v) is 10.2. The zero-order valence-corrected chi connectivity index (χ0v) is 24.3. The molecule has 0 radical (unpaired) electrons. The second-order valence-electron chi connectivity index (χ2n) is 10.2. The fourth-order valence-corrected chi connectivity index (χ4v) is 5.06. The van der Waals surface area contributed by atoms with Crippen molar-refractivity contribution < 1.29 is 28.7 Å². The molecule has 1 heterocycles. The molecule has 1 aliphatic heterocycles. The van der Waals surface area contributed by atoms with Gasteiger partial charge in [0.15, 0.2) is 0 Å². The molecule has 3 aromatic carbocycles. The molecule has 220 valence electrons. The highest BCUT2D eigenvalue weighted by atomic mass is 16.5. The molecular weight excluding hydrogens is 536 g/mol. The highest BCUT2D eigenvalue weighted by molar-refractivity contribution is 6.01. The number of nitrogens with one attached hydrogen (secondary N) is 3. The molecule has 3 aromatic rings. The van der Waals surface area contributed by atoms with Gasteiger partial charge in [0.2, 0.25) is 11.8 Å². The average Bonchev–Trinajstić information content (AvgIpc) is 2.97. The van der Waals surface area contributed by atoms with Gasteiger partial charge in [-0.25, -0.2) is 9.59 Å². The third kappa shape index (κ3) is 7.45. The first-order valence-corrected chi connectivity index (χ1v) is 13.8. The molecule has 4 amide bonds. The molecule has 0 aromatic heterocycles. The van der Waals surface area contributed by atoms with Crippen LogP contribution >= 0.6 is 0 Å². The van der Waals surface area contributed by atoms with Gasteiger partial charge in [0, 0.05) is 31.3 Å². The van der Waals surface area contributed by atoms with Gasteiger partial charge in [-0.2, -0.15) is 0 Å². The van der Waals surface area contributed by atoms with Crippen LogP contribution in [0.2, 0.25) is 0 Å². The Morgan fingerprint density at radius 1 is 0.929 bits per heavy atom. The van der Waals surface area contributed by atoms with Gasteiger partial charge < -0.3 is 30.3 Å². The molecule has 0 bridgehead atoms. The van der Waals surface area contributed by atoms with Gasteiger partial charge in [0.05, 0.1) is 26.3 Å². The molecule has 0 saturated heterocycles. The Labute approximate surface area is 245 Å². The van der Waals surface area contributed by atoms with Crippen molar-refractivity contribution in [2.45, 2.75) is 45.6 Å². The molecule has 0 spiro atoms. The van der Waals surface area contributed by atoms with E-state index in [1.807, 2.05) is 49.4 Å². The molecule has 0 saturated carbocycles. The van der Waals surface area contributed by atoms with E-state index in [1.54, 1.807) is 23.1 Å². The largest absolute Gasteiger partial charge is 0.495 e. The van der Waals surface area contributed by atoms with Gasteiger partial charge in [0.25, 0.3) is 0 Å². The normalized spacial score (nSPS) is 12.9. The number of benzene rings is 3. The van der Waals surface area contributed by atoms with Crippen LogP contribution in [0.5, 0.6) is 5.75 Å². The van der Waals surface area contributed by atoms with Crippen molar-refractivity contribution in [2.75, 3.05) is 36.3 Å². The summed E-state index contributed by atoms with van der Waals surface area (Å²) in [5, 5.41) is 8.28. The van der Waals surface area contributed by atoms with E-state index in [0.29, 0.717) is 23.7 Å². The number of para-hydroxylation sites is 1. The van der Waals surface area contributed by atoms with Gasteiger partial charge in [-0.05, 0) is 66.3 Å². The monoisotopic (exact) mass is 572 g/mol. The molecule has 0 fully saturated rings. The molecule has 42 heavy (non-hydrogen) atoms. The number of esters is 1. The summed E-state index contributed by atoms with van der Waals surface area (Å²) in [5.74, 6) is -0.438. The number of anilines is 3. The molecule has 1 aliphatic rings. The minimum Gasteiger partial charge on any atom is -0.495 e. The quantitative estimate of drug-likeness (QED) is 0.327. The predicted octanol–water partition coefficient (Wildman–Crippen LogP) is 4.39. The molecule has 0 aliphatic carbocycles. The lowest BCUT2D eigenvalue weighted by Crippen LogP contribution is -2.42. The van der Waals surface area contributed by atoms with E-state index >= 15 is 0 Å². The maximum absolute atomic E-state index is 13.4. The van der Waals surface area contributed by atoms with Crippen molar-refractivity contribution in [3.63, 3.8) is 0 Å². The van der Waals surface area contributed by atoms with Crippen LogP contribution in [0, 0.1) is 6.92 Å². The third-order valence-electron chi connectivity index (χ3n) is 7.13. The lowest BCUT2D eigenvalue weighted by molar-refractivity contribution is -0.144. The number of nitrogens with zero attached hydrogens (tertiary/aromatic N) is 1. The fourth-order valence-electron chi connectivity index (χ4n) is 5.06. The van der Waals surface area contributed by atoms with Crippen molar-refractivity contribution in [1.29, 1.82) is 0 Å². The first kappa shape index (κ1) is 30.1. The van der Waals surface area contributed by atoms with E-state index < -0.39 is 18.0 Å². The van der Waals surface area contributed by atoms with Gasteiger partial charge >= 0.3 is 12.0 Å². The van der Waals surface area contributed by atoms with Crippen molar-refractivity contribution >= 4 is 40.9 Å². The maximum Gasteiger partial charge on any atom is 0.328 e. The Bertz CT molecular complexity index is 1490. The minimum absolute atomic E-state index is 0.0607. The summed E-state index contributed by atoms with van der Waals surface area (Å²) in [4.78, 5) is 51.5. The van der Waals surface area contributed by atoms with E-state index in [4.69, 9.17) is 9.47 Å². The topological polar surface area (TPSA) is 126 Å². The Balaban J connectivity index is 1.44. The molecule has 1 atom stereocenters. The van der Waals surface area contributed by atoms with Crippen molar-refractivity contribution in [3.05, 3.63) is 82.9 Å². The third-order valence-corrected chi connectivity index (χ3v) is 7.13. The molecule has 10 nitrogen and oxygen atoms in total. The standard InChI is InChI=1S/C32H36N4O6/c1-20-8-5-6-10-25(20)34-32(40)35-26-13-11-23(18-29(26)41-3)19-30(38)36-15-7-9-24-16-22(12-14-28(24)36)17-27(31(39)42-4)33-21(2)37/h5-6,8,10-14,16,18,27H,7,9,15,17,19H2,1-4H3,(H,33,37)(H2,34,35,40). The summed E-state index contributed by atoms with van der Waals surface area (Å²) >= 11 is 0. The number of aryl methyl sites for hydroxylation is 2. The number of hydrogen-bond acceptors (Lipinski definition) is 6. The van der Waals surface area contributed by atoms with Crippen LogP contribution in [0.3, 0.4) is 0 Å². The first-order chi connectivity index (χ1) is 20.2. The van der Waals surface area contributed by atoms with Gasteiger partial charge in [-0.15, -0.1) is 0 Å². The van der Waals surface area contributed by atoms with Crippen LogP contribution in [0.25, 0.3) is 0 Å². The van der Waals surface area contributed by atoms with Crippen LogP contribution in [0.15, 0.2) is 60.7 Å². The first-order valence-electron chi connectivity index (χ1n) is 13.8. The Morgan fingerprint density at radius 3 is 2.38 bits per heavy atom. The summed E-state index contributed by atoms with van der Waals surface area (Å²) in [7, 11) is 2.80. The number of hydrogen-bond donors (Lipinski definition) is 3. The van der Waals surface area contributed by atoms with Crippen LogP contribution in [-0.2, 0) is 38.4 Å². The Kier molecular flexibility index (Phi) is 9.80. The maximum atomic E-state index is 13.4. The van der Waals surface area contributed by atoms with Crippen LogP contribution in [0.1, 0.15) is 35.6 Å². The van der Waals surface area contributed by atoms with Crippen LogP contribution in [-0.4, -0.2) is 50.6 Å². The lowest BCUT2D eigenvalue weighted by Gasteiger charge is -2.30. The summed E-state index contributed by atoms with van der Waals surface area (Å²) in [6.45, 7) is 3.86. The second kappa shape index (κ2) is 13.7. The van der Waals surface area contributed by atoms with Crippen LogP contribution < -0.4 is 25.6 Å².